The van der Waals surface area contributed by atoms with Crippen LogP contribution in [0.25, 0.3) is 11.3 Å². The number of nitrogens with zero attached hydrogens (tertiary/aromatic N) is 2. The van der Waals surface area contributed by atoms with Gasteiger partial charge >= 0.3 is 0 Å². The molecule has 0 saturated heterocycles. The Bertz CT molecular complexity index is 1160. The van der Waals surface area contributed by atoms with Gasteiger partial charge in [-0.1, -0.05) is 12.1 Å². The number of anilines is 1. The van der Waals surface area contributed by atoms with Crippen molar-refractivity contribution in [1.82, 2.24) is 15.3 Å². The Labute approximate surface area is 190 Å². The van der Waals surface area contributed by atoms with E-state index < -0.39 is 11.7 Å². The summed E-state index contributed by atoms with van der Waals surface area (Å²) in [6, 6.07) is 8.65. The van der Waals surface area contributed by atoms with Crippen molar-refractivity contribution in [3.63, 3.8) is 0 Å². The summed E-state index contributed by atoms with van der Waals surface area (Å²) in [7, 11) is 0. The summed E-state index contributed by atoms with van der Waals surface area (Å²) in [5, 5.41) is 12.4. The predicted octanol–water partition coefficient (Wildman–Crippen LogP) is 4.26. The smallest absolute Gasteiger partial charge is 0.254 e. The Morgan fingerprint density at radius 1 is 1.15 bits per heavy atom. The summed E-state index contributed by atoms with van der Waals surface area (Å²) in [6.45, 7) is 1.84. The number of carbonyl (C=O) groups is 1. The first-order valence-corrected chi connectivity index (χ1v) is 10.9. The molecule has 0 aliphatic heterocycles. The third kappa shape index (κ3) is 5.34. The van der Waals surface area contributed by atoms with Crippen LogP contribution in [0, 0.1) is 18.6 Å². The van der Waals surface area contributed by atoms with E-state index in [9.17, 15) is 18.7 Å². The van der Waals surface area contributed by atoms with Crippen molar-refractivity contribution in [3.8, 4) is 11.3 Å². The van der Waals surface area contributed by atoms with Gasteiger partial charge in [0.05, 0.1) is 23.6 Å². The van der Waals surface area contributed by atoms with Gasteiger partial charge in [0.25, 0.3) is 5.91 Å². The average molecular weight is 453 g/mol. The molecule has 4 rings (SSSR count). The fourth-order valence-electron chi connectivity index (χ4n) is 4.23. The van der Waals surface area contributed by atoms with Gasteiger partial charge in [0, 0.05) is 18.0 Å². The van der Waals surface area contributed by atoms with Gasteiger partial charge in [-0.25, -0.2) is 18.7 Å². The molecule has 33 heavy (non-hydrogen) atoms. The largest absolute Gasteiger partial charge is 0.393 e. The molecule has 3 aromatic rings. The second-order valence-corrected chi connectivity index (χ2v) is 8.55. The minimum Gasteiger partial charge on any atom is -0.393 e. The highest BCUT2D eigenvalue weighted by molar-refractivity contribution is 5.95. The summed E-state index contributed by atoms with van der Waals surface area (Å²) < 4.78 is 28.4. The minimum absolute atomic E-state index is 0.0786. The van der Waals surface area contributed by atoms with Crippen LogP contribution < -0.4 is 11.1 Å². The molecule has 0 bridgehead atoms. The van der Waals surface area contributed by atoms with Crippen LogP contribution in [0.5, 0.6) is 0 Å². The van der Waals surface area contributed by atoms with Gasteiger partial charge in [0.1, 0.15) is 23.1 Å². The molecule has 0 spiro atoms. The molecule has 1 aromatic heterocycles. The van der Waals surface area contributed by atoms with Crippen LogP contribution in [0.3, 0.4) is 0 Å². The number of aliphatic hydroxyl groups excluding tert-OH is 1. The number of aliphatic hydroxyl groups is 1. The van der Waals surface area contributed by atoms with Gasteiger partial charge in [0.2, 0.25) is 0 Å². The number of nitrogens with two attached hydrogens (primary N) is 1. The summed E-state index contributed by atoms with van der Waals surface area (Å²) >= 11 is 0. The lowest BCUT2D eigenvalue weighted by Crippen LogP contribution is -2.24. The van der Waals surface area contributed by atoms with Crippen LogP contribution in [0.2, 0.25) is 0 Å². The van der Waals surface area contributed by atoms with E-state index in [1.165, 1.54) is 24.3 Å². The second-order valence-electron chi connectivity index (χ2n) is 8.55. The molecule has 8 heteroatoms. The van der Waals surface area contributed by atoms with Gasteiger partial charge in [-0.3, -0.25) is 4.79 Å². The Morgan fingerprint density at radius 2 is 1.91 bits per heavy atom. The van der Waals surface area contributed by atoms with Gasteiger partial charge in [-0.15, -0.1) is 0 Å². The van der Waals surface area contributed by atoms with E-state index in [1.807, 2.05) is 0 Å². The minimum atomic E-state index is -0.715. The summed E-state index contributed by atoms with van der Waals surface area (Å²) in [6.07, 6.45) is 4.38. The first kappa shape index (κ1) is 22.8. The third-order valence-corrected chi connectivity index (χ3v) is 5.98. The molecule has 0 unspecified atom stereocenters. The first-order chi connectivity index (χ1) is 15.8. The van der Waals surface area contributed by atoms with Gasteiger partial charge in [-0.2, -0.15) is 0 Å². The number of amides is 1. The zero-order valence-electron chi connectivity index (χ0n) is 18.3. The highest BCUT2D eigenvalue weighted by Gasteiger charge is 2.23. The fourth-order valence-corrected chi connectivity index (χ4v) is 4.23. The molecule has 172 valence electrons. The number of rotatable bonds is 5. The van der Waals surface area contributed by atoms with E-state index in [4.69, 9.17) is 5.73 Å². The second kappa shape index (κ2) is 9.62. The maximum atomic E-state index is 14.8. The Kier molecular flexibility index (Phi) is 6.65. The monoisotopic (exact) mass is 452 g/mol. The van der Waals surface area contributed by atoms with Crippen molar-refractivity contribution in [3.05, 3.63) is 76.6 Å². The Morgan fingerprint density at radius 3 is 2.61 bits per heavy atom. The normalized spacial score (nSPS) is 18.2. The highest BCUT2D eigenvalue weighted by atomic mass is 19.1. The third-order valence-electron chi connectivity index (χ3n) is 5.98. The maximum Gasteiger partial charge on any atom is 0.254 e. The molecule has 4 N–H and O–H groups in total. The molecule has 1 fully saturated rings. The van der Waals surface area contributed by atoms with E-state index >= 15 is 0 Å². The molecule has 1 aliphatic carbocycles. The van der Waals surface area contributed by atoms with E-state index in [0.717, 1.165) is 24.1 Å². The van der Waals surface area contributed by atoms with Crippen molar-refractivity contribution >= 4 is 11.7 Å². The molecule has 1 amide bonds. The predicted molar refractivity (Wildman–Crippen MR) is 121 cm³/mol. The fraction of sp³-hybridized carbons (Fsp3) is 0.320. The molecular weight excluding hydrogens is 426 g/mol. The highest BCUT2D eigenvalue weighted by Crippen LogP contribution is 2.33. The van der Waals surface area contributed by atoms with Gasteiger partial charge in [0.15, 0.2) is 0 Å². The number of benzene rings is 2. The molecule has 1 saturated carbocycles. The van der Waals surface area contributed by atoms with E-state index in [0.29, 0.717) is 29.7 Å². The van der Waals surface area contributed by atoms with E-state index in [2.05, 4.69) is 15.3 Å². The molecule has 6 nitrogen and oxygen atoms in total. The SMILES string of the molecule is Cc1cc(F)cc(CNC(=O)c2ccc(-c3nc(C4CCC(O)CC4)cnc3N)cc2F)c1. The Hall–Kier alpha value is -3.39. The van der Waals surface area contributed by atoms with Crippen LogP contribution in [0.15, 0.2) is 42.6 Å². The summed E-state index contributed by atoms with van der Waals surface area (Å²) in [4.78, 5) is 21.4. The number of carbonyl (C=O) groups excluding carboxylic acids is 1. The van der Waals surface area contributed by atoms with Gasteiger partial charge in [-0.05, 0) is 68.0 Å². The number of nitrogen functional groups attached to an aromatic ring is 1. The van der Waals surface area contributed by atoms with Crippen LogP contribution in [-0.4, -0.2) is 27.1 Å². The molecule has 1 aliphatic rings. The lowest BCUT2D eigenvalue weighted by atomic mass is 9.85. The van der Waals surface area contributed by atoms with Crippen LogP contribution in [0.4, 0.5) is 14.6 Å². The number of aryl methyl sites for hydroxylation is 1. The van der Waals surface area contributed by atoms with Crippen molar-refractivity contribution in [2.45, 2.75) is 51.2 Å². The number of aromatic nitrogens is 2. The zero-order valence-corrected chi connectivity index (χ0v) is 18.3. The van der Waals surface area contributed by atoms with Crippen LogP contribution in [-0.2, 0) is 6.54 Å². The number of hydrogen-bond donors (Lipinski definition) is 3. The number of halogens is 2. The topological polar surface area (TPSA) is 101 Å². The first-order valence-electron chi connectivity index (χ1n) is 10.9. The van der Waals surface area contributed by atoms with Crippen molar-refractivity contribution in [1.29, 1.82) is 0 Å². The quantitative estimate of drug-likeness (QED) is 0.537. The zero-order chi connectivity index (χ0) is 23.5. The molecule has 0 radical (unpaired) electrons. The molecule has 1 heterocycles. The standard InChI is InChI=1S/C25H26F2N4O2/c1-14-8-15(10-18(26)9-14)12-30-25(33)20-7-4-17(11-21(20)27)23-24(28)29-13-22(31-23)16-2-5-19(32)6-3-16/h4,7-11,13,16,19,32H,2-3,5-6,12H2,1H3,(H2,28,29)(H,30,33). The lowest BCUT2D eigenvalue weighted by Gasteiger charge is -2.25. The van der Waals surface area contributed by atoms with Crippen molar-refractivity contribution in [2.75, 3.05) is 5.73 Å². The van der Waals surface area contributed by atoms with Crippen LogP contribution >= 0.6 is 0 Å². The molecule has 0 atom stereocenters. The Balaban J connectivity index is 1.51. The van der Waals surface area contributed by atoms with Gasteiger partial charge < -0.3 is 16.2 Å². The number of nitrogens with one attached hydrogen (secondary N) is 1. The summed E-state index contributed by atoms with van der Waals surface area (Å²) in [5.74, 6) is -1.36. The summed E-state index contributed by atoms with van der Waals surface area (Å²) in [5.41, 5.74) is 8.76. The van der Waals surface area contributed by atoms with E-state index in [1.54, 1.807) is 25.3 Å². The maximum absolute atomic E-state index is 14.8. The van der Waals surface area contributed by atoms with Crippen molar-refractivity contribution < 1.29 is 18.7 Å². The lowest BCUT2D eigenvalue weighted by molar-refractivity contribution is 0.0946. The van der Waals surface area contributed by atoms with Crippen LogP contribution in [0.1, 0.15) is 58.8 Å². The molecule has 2 aromatic carbocycles. The van der Waals surface area contributed by atoms with Crippen molar-refractivity contribution in [2.24, 2.45) is 0 Å². The average Bonchev–Trinajstić information content (AvgIpc) is 2.78. The molecular formula is C25H26F2N4O2. The number of hydrogen-bond acceptors (Lipinski definition) is 5. The van der Waals surface area contributed by atoms with E-state index in [-0.39, 0.29) is 35.8 Å².